The first-order valence-corrected chi connectivity index (χ1v) is 15.1. The van der Waals surface area contributed by atoms with Crippen LogP contribution in [-0.2, 0) is 21.4 Å². The minimum Gasteiger partial charge on any atom is -0.483 e. The number of fused-ring (bicyclic) bond motifs is 1. The number of hydrogen-bond acceptors (Lipinski definition) is 8. The van der Waals surface area contributed by atoms with Gasteiger partial charge in [0.25, 0.3) is 11.8 Å². The average Bonchev–Trinajstić information content (AvgIpc) is 3.30. The number of sulfonamides is 1. The highest BCUT2D eigenvalue weighted by molar-refractivity contribution is 7.92. The lowest BCUT2D eigenvalue weighted by molar-refractivity contribution is -0.134. The van der Waals surface area contributed by atoms with Gasteiger partial charge in [0.1, 0.15) is 5.75 Å². The highest BCUT2D eigenvalue weighted by atomic mass is 35.5. The summed E-state index contributed by atoms with van der Waals surface area (Å²) in [5, 5.41) is 4.27. The molecule has 3 aromatic rings. The van der Waals surface area contributed by atoms with Crippen molar-refractivity contribution < 1.29 is 22.5 Å². The van der Waals surface area contributed by atoms with E-state index in [2.05, 4.69) is 28.9 Å². The van der Waals surface area contributed by atoms with Gasteiger partial charge >= 0.3 is 0 Å². The van der Waals surface area contributed by atoms with Crippen molar-refractivity contribution >= 4 is 33.2 Å². The van der Waals surface area contributed by atoms with E-state index in [1.54, 1.807) is 48.2 Å². The molecule has 12 heteroatoms. The summed E-state index contributed by atoms with van der Waals surface area (Å²) in [4.78, 5) is 21.8. The Morgan fingerprint density at radius 1 is 1.13 bits per heavy atom. The van der Waals surface area contributed by atoms with Gasteiger partial charge < -0.3 is 14.2 Å². The van der Waals surface area contributed by atoms with Gasteiger partial charge in [0, 0.05) is 43.8 Å². The number of halogens is 1. The Morgan fingerprint density at radius 3 is 2.59 bits per heavy atom. The third kappa shape index (κ3) is 7.28. The molecule has 10 nitrogen and oxygen atoms in total. The fourth-order valence-corrected chi connectivity index (χ4v) is 5.72. The molecule has 39 heavy (non-hydrogen) atoms. The summed E-state index contributed by atoms with van der Waals surface area (Å²) >= 11 is 6.29. The van der Waals surface area contributed by atoms with E-state index in [9.17, 15) is 13.2 Å². The number of amides is 1. The van der Waals surface area contributed by atoms with Crippen LogP contribution in [-0.4, -0.2) is 79.3 Å². The van der Waals surface area contributed by atoms with Gasteiger partial charge in [0.2, 0.25) is 10.0 Å². The lowest BCUT2D eigenvalue weighted by Gasteiger charge is -2.30. The SMILES string of the molecule is Cc1noc(-c2ccccc2OCC(=O)N2CCN(C(C)C)CCCN(S(C)(=O)=O)c3cc(Cl)ccc3C2)n1. The van der Waals surface area contributed by atoms with E-state index in [4.69, 9.17) is 20.9 Å². The lowest BCUT2D eigenvalue weighted by atomic mass is 10.1. The second-order valence-corrected chi connectivity index (χ2v) is 12.2. The van der Waals surface area contributed by atoms with Crippen LogP contribution >= 0.6 is 11.6 Å². The second-order valence-electron chi connectivity index (χ2n) is 9.84. The van der Waals surface area contributed by atoms with E-state index in [0.717, 1.165) is 0 Å². The summed E-state index contributed by atoms with van der Waals surface area (Å²) < 4.78 is 38.3. The molecule has 0 atom stereocenters. The van der Waals surface area contributed by atoms with Crippen LogP contribution < -0.4 is 9.04 Å². The van der Waals surface area contributed by atoms with Gasteiger partial charge in [0.05, 0.1) is 17.5 Å². The summed E-state index contributed by atoms with van der Waals surface area (Å²) in [7, 11) is -3.58. The standard InChI is InChI=1S/C27H34ClN5O5S/c1-19(2)31-12-7-13-33(39(4,35)36)24-16-22(28)11-10-21(24)17-32(15-14-31)26(34)18-37-25-9-6-5-8-23(25)27-29-20(3)30-38-27/h5-6,8-11,16,19H,7,12-15,17-18H2,1-4H3. The van der Waals surface area contributed by atoms with Gasteiger partial charge in [-0.3, -0.25) is 14.0 Å². The molecular formula is C27H34ClN5O5S. The van der Waals surface area contributed by atoms with Crippen molar-refractivity contribution in [1.29, 1.82) is 0 Å². The molecule has 0 aliphatic carbocycles. The molecule has 0 unspecified atom stereocenters. The molecule has 1 aromatic heterocycles. The minimum atomic E-state index is -3.58. The Labute approximate surface area is 234 Å². The third-order valence-electron chi connectivity index (χ3n) is 6.62. The van der Waals surface area contributed by atoms with Crippen molar-refractivity contribution in [3.8, 4) is 17.2 Å². The average molecular weight is 576 g/mol. The minimum absolute atomic E-state index is 0.206. The molecular weight excluding hydrogens is 542 g/mol. The van der Waals surface area contributed by atoms with Crippen LogP contribution in [0, 0.1) is 6.92 Å². The molecule has 0 saturated heterocycles. The van der Waals surface area contributed by atoms with E-state index in [0.29, 0.717) is 71.9 Å². The predicted octanol–water partition coefficient (Wildman–Crippen LogP) is 3.99. The van der Waals surface area contributed by atoms with Crippen LogP contribution in [0.4, 0.5) is 5.69 Å². The van der Waals surface area contributed by atoms with Gasteiger partial charge in [0.15, 0.2) is 12.4 Å². The predicted molar refractivity (Wildman–Crippen MR) is 150 cm³/mol. The number of hydrogen-bond donors (Lipinski definition) is 0. The van der Waals surface area contributed by atoms with E-state index in [-0.39, 0.29) is 25.1 Å². The van der Waals surface area contributed by atoms with Gasteiger partial charge in [-0.05, 0) is 57.0 Å². The fraction of sp³-hybridized carbons (Fsp3) is 0.444. The Balaban J connectivity index is 1.62. The van der Waals surface area contributed by atoms with Crippen LogP contribution in [0.3, 0.4) is 0 Å². The monoisotopic (exact) mass is 575 g/mol. The molecule has 1 aliphatic heterocycles. The van der Waals surface area contributed by atoms with Crippen LogP contribution in [0.25, 0.3) is 11.5 Å². The normalized spacial score (nSPS) is 15.6. The maximum Gasteiger partial charge on any atom is 0.261 e. The van der Waals surface area contributed by atoms with Crippen molar-refractivity contribution in [2.75, 3.05) is 43.3 Å². The Kier molecular flexibility index (Phi) is 9.14. The molecule has 2 heterocycles. The molecule has 0 saturated carbocycles. The summed E-state index contributed by atoms with van der Waals surface area (Å²) in [5.74, 6) is 1.02. The smallest absolute Gasteiger partial charge is 0.261 e. The number of anilines is 1. The van der Waals surface area contributed by atoms with Crippen LogP contribution in [0.5, 0.6) is 5.75 Å². The van der Waals surface area contributed by atoms with Crippen molar-refractivity contribution in [3.05, 3.63) is 58.9 Å². The maximum absolute atomic E-state index is 13.6. The second kappa shape index (κ2) is 12.4. The molecule has 2 aromatic carbocycles. The molecule has 1 amide bonds. The molecule has 4 rings (SSSR count). The highest BCUT2D eigenvalue weighted by Crippen LogP contribution is 2.30. The van der Waals surface area contributed by atoms with E-state index in [1.807, 2.05) is 6.07 Å². The first-order chi connectivity index (χ1) is 18.5. The molecule has 1 aliphatic rings. The van der Waals surface area contributed by atoms with Gasteiger partial charge in [-0.15, -0.1) is 0 Å². The summed E-state index contributed by atoms with van der Waals surface area (Å²) in [6, 6.07) is 12.5. The molecule has 0 fully saturated rings. The van der Waals surface area contributed by atoms with Crippen molar-refractivity contribution in [1.82, 2.24) is 19.9 Å². The lowest BCUT2D eigenvalue weighted by Crippen LogP contribution is -2.42. The van der Waals surface area contributed by atoms with Gasteiger partial charge in [-0.25, -0.2) is 8.42 Å². The molecule has 0 spiro atoms. The Morgan fingerprint density at radius 2 is 1.90 bits per heavy atom. The van der Waals surface area contributed by atoms with E-state index < -0.39 is 10.0 Å². The Bertz CT molecular complexity index is 1410. The first-order valence-electron chi connectivity index (χ1n) is 12.8. The maximum atomic E-state index is 13.6. The number of aryl methyl sites for hydroxylation is 1. The zero-order valence-electron chi connectivity index (χ0n) is 22.6. The summed E-state index contributed by atoms with van der Waals surface area (Å²) in [6.07, 6.45) is 1.83. The topological polar surface area (TPSA) is 109 Å². The number of benzene rings is 2. The van der Waals surface area contributed by atoms with Crippen LogP contribution in [0.1, 0.15) is 31.7 Å². The number of carbonyl (C=O) groups excluding carboxylic acids is 1. The van der Waals surface area contributed by atoms with E-state index >= 15 is 0 Å². The van der Waals surface area contributed by atoms with Crippen molar-refractivity contribution in [2.24, 2.45) is 0 Å². The number of nitrogens with zero attached hydrogens (tertiary/aromatic N) is 5. The van der Waals surface area contributed by atoms with Crippen molar-refractivity contribution in [3.63, 3.8) is 0 Å². The Hall–Kier alpha value is -3.15. The highest BCUT2D eigenvalue weighted by Gasteiger charge is 2.26. The van der Waals surface area contributed by atoms with Crippen LogP contribution in [0.15, 0.2) is 47.0 Å². The largest absolute Gasteiger partial charge is 0.483 e. The molecule has 210 valence electrons. The van der Waals surface area contributed by atoms with Crippen LogP contribution in [0.2, 0.25) is 5.02 Å². The van der Waals surface area contributed by atoms with Gasteiger partial charge in [-0.2, -0.15) is 4.98 Å². The molecule has 0 bridgehead atoms. The molecule has 0 radical (unpaired) electrons. The number of rotatable bonds is 6. The third-order valence-corrected chi connectivity index (χ3v) is 8.04. The first kappa shape index (κ1) is 28.8. The quantitative estimate of drug-likeness (QED) is 0.434. The summed E-state index contributed by atoms with van der Waals surface area (Å²) in [6.45, 7) is 8.00. The number of para-hydroxylation sites is 1. The fourth-order valence-electron chi connectivity index (χ4n) is 4.57. The number of carbonyl (C=O) groups is 1. The zero-order valence-corrected chi connectivity index (χ0v) is 24.2. The van der Waals surface area contributed by atoms with Crippen molar-refractivity contribution in [2.45, 2.75) is 39.8 Å². The van der Waals surface area contributed by atoms with E-state index in [1.165, 1.54) is 10.6 Å². The summed E-state index contributed by atoms with van der Waals surface area (Å²) in [5.41, 5.74) is 1.77. The zero-order chi connectivity index (χ0) is 28.2. The number of ether oxygens (including phenoxy) is 1. The molecule has 0 N–H and O–H groups in total. The van der Waals surface area contributed by atoms with Gasteiger partial charge in [-0.1, -0.05) is 35.0 Å². The number of aromatic nitrogens is 2.